The molecule has 0 aromatic heterocycles. The average molecular weight is 401 g/mol. The summed E-state index contributed by atoms with van der Waals surface area (Å²) < 4.78 is 19.3. The highest BCUT2D eigenvalue weighted by Crippen LogP contribution is 2.19. The highest BCUT2D eigenvalue weighted by molar-refractivity contribution is 9.10. The number of hydrogen-bond acceptors (Lipinski definition) is 3. The molecule has 23 heavy (non-hydrogen) atoms. The molecular weight excluding hydrogens is 389 g/mol. The number of nitrogens with one attached hydrogen (secondary N) is 1. The number of amides is 1. The number of anilines is 1. The van der Waals surface area contributed by atoms with E-state index in [-0.39, 0.29) is 17.0 Å². The quantitative estimate of drug-likeness (QED) is 0.773. The van der Waals surface area contributed by atoms with Crippen molar-refractivity contribution in [3.8, 4) is 0 Å². The van der Waals surface area contributed by atoms with Gasteiger partial charge in [-0.2, -0.15) is 0 Å². The van der Waals surface area contributed by atoms with Gasteiger partial charge in [0.15, 0.2) is 6.61 Å². The summed E-state index contributed by atoms with van der Waals surface area (Å²) in [6, 6.07) is 11.1. The Kier molecular flexibility index (Phi) is 6.12. The molecular formula is C16H12BrClFNO3. The number of rotatable bonds is 5. The Balaban J connectivity index is 1.84. The third-order valence-corrected chi connectivity index (χ3v) is 3.76. The van der Waals surface area contributed by atoms with Gasteiger partial charge in [0, 0.05) is 20.7 Å². The summed E-state index contributed by atoms with van der Waals surface area (Å²) in [6.07, 6.45) is -0.336. The number of ether oxygens (including phenoxy) is 1. The van der Waals surface area contributed by atoms with Crippen LogP contribution in [0.1, 0.15) is 5.56 Å². The topological polar surface area (TPSA) is 55.4 Å². The molecule has 2 aromatic rings. The minimum atomic E-state index is -0.733. The summed E-state index contributed by atoms with van der Waals surface area (Å²) in [5.41, 5.74) is 0.624. The zero-order valence-corrected chi connectivity index (χ0v) is 14.2. The standard InChI is InChI=1S/C16H12BrClFNO3/c17-10-4-6-11(7-5-10)20-15(21)9-23-16(22)8-12-13(18)2-1-3-14(12)19/h1-7H,8-9H2,(H,20,21). The Morgan fingerprint density at radius 2 is 1.87 bits per heavy atom. The number of carbonyl (C=O) groups excluding carboxylic acids is 2. The molecule has 0 aliphatic heterocycles. The van der Waals surface area contributed by atoms with Crippen LogP contribution in [0.3, 0.4) is 0 Å². The number of hydrogen-bond donors (Lipinski definition) is 1. The van der Waals surface area contributed by atoms with Crippen LogP contribution in [-0.4, -0.2) is 18.5 Å². The van der Waals surface area contributed by atoms with Crippen molar-refractivity contribution in [2.75, 3.05) is 11.9 Å². The third-order valence-electron chi connectivity index (χ3n) is 2.88. The molecule has 2 aromatic carbocycles. The summed E-state index contributed by atoms with van der Waals surface area (Å²) in [6.45, 7) is -0.457. The molecule has 2 rings (SSSR count). The van der Waals surface area contributed by atoms with Gasteiger partial charge in [-0.3, -0.25) is 9.59 Å². The highest BCUT2D eigenvalue weighted by atomic mass is 79.9. The first-order valence-corrected chi connectivity index (χ1v) is 7.77. The number of esters is 1. The van der Waals surface area contributed by atoms with Crippen LogP contribution in [0.15, 0.2) is 46.9 Å². The second-order valence-electron chi connectivity index (χ2n) is 4.59. The van der Waals surface area contributed by atoms with Crippen LogP contribution < -0.4 is 5.32 Å². The fourth-order valence-corrected chi connectivity index (χ4v) is 2.27. The summed E-state index contributed by atoms with van der Waals surface area (Å²) in [4.78, 5) is 23.4. The molecule has 0 atom stereocenters. The van der Waals surface area contributed by atoms with Crippen molar-refractivity contribution in [3.63, 3.8) is 0 Å². The molecule has 1 amide bonds. The van der Waals surface area contributed by atoms with E-state index < -0.39 is 24.3 Å². The fraction of sp³-hybridized carbons (Fsp3) is 0.125. The van der Waals surface area contributed by atoms with Gasteiger partial charge in [-0.05, 0) is 36.4 Å². The van der Waals surface area contributed by atoms with Crippen LogP contribution in [0.4, 0.5) is 10.1 Å². The molecule has 0 radical (unpaired) electrons. The Hall–Kier alpha value is -1.92. The molecule has 7 heteroatoms. The first-order valence-electron chi connectivity index (χ1n) is 6.59. The van der Waals surface area contributed by atoms with Crippen molar-refractivity contribution >= 4 is 45.1 Å². The molecule has 0 unspecified atom stereocenters. The van der Waals surface area contributed by atoms with Crippen LogP contribution in [-0.2, 0) is 20.7 Å². The van der Waals surface area contributed by atoms with E-state index in [1.807, 2.05) is 0 Å². The van der Waals surface area contributed by atoms with Gasteiger partial charge in [-0.25, -0.2) is 4.39 Å². The van der Waals surface area contributed by atoms with Gasteiger partial charge in [0.05, 0.1) is 6.42 Å². The van der Waals surface area contributed by atoms with E-state index in [0.717, 1.165) is 4.47 Å². The molecule has 1 N–H and O–H groups in total. The molecule has 4 nitrogen and oxygen atoms in total. The van der Waals surface area contributed by atoms with Crippen molar-refractivity contribution in [2.45, 2.75) is 6.42 Å². The molecule has 120 valence electrons. The predicted molar refractivity (Wildman–Crippen MR) is 88.8 cm³/mol. The first-order chi connectivity index (χ1) is 11.0. The van der Waals surface area contributed by atoms with Gasteiger partial charge in [-0.15, -0.1) is 0 Å². The lowest BCUT2D eigenvalue weighted by molar-refractivity contribution is -0.146. The Morgan fingerprint density at radius 3 is 2.52 bits per heavy atom. The summed E-state index contributed by atoms with van der Waals surface area (Å²) >= 11 is 9.11. The molecule has 0 aliphatic carbocycles. The second kappa shape index (κ2) is 8.08. The Morgan fingerprint density at radius 1 is 1.17 bits per heavy atom. The van der Waals surface area contributed by atoms with Gasteiger partial charge >= 0.3 is 5.97 Å². The van der Waals surface area contributed by atoms with E-state index in [9.17, 15) is 14.0 Å². The number of benzene rings is 2. The van der Waals surface area contributed by atoms with Gasteiger partial charge < -0.3 is 10.1 Å². The maximum atomic E-state index is 13.6. The highest BCUT2D eigenvalue weighted by Gasteiger charge is 2.14. The molecule has 0 spiro atoms. The normalized spacial score (nSPS) is 10.2. The maximum absolute atomic E-state index is 13.6. The Bertz CT molecular complexity index is 702. The summed E-state index contributed by atoms with van der Waals surface area (Å²) in [5, 5.41) is 2.71. The van der Waals surface area contributed by atoms with Gasteiger partial charge in [-0.1, -0.05) is 33.6 Å². The number of halogens is 3. The molecule has 0 heterocycles. The minimum absolute atomic E-state index is 0.0486. The summed E-state index contributed by atoms with van der Waals surface area (Å²) in [5.74, 6) is -1.81. The van der Waals surface area contributed by atoms with E-state index in [1.54, 1.807) is 24.3 Å². The van der Waals surface area contributed by atoms with Crippen LogP contribution >= 0.6 is 27.5 Å². The van der Waals surface area contributed by atoms with Crippen LogP contribution in [0, 0.1) is 5.82 Å². The lowest BCUT2D eigenvalue weighted by atomic mass is 10.1. The largest absolute Gasteiger partial charge is 0.455 e. The van der Waals surface area contributed by atoms with E-state index in [0.29, 0.717) is 5.69 Å². The molecule has 0 saturated carbocycles. The SMILES string of the molecule is O=C(COC(=O)Cc1c(F)cccc1Cl)Nc1ccc(Br)cc1. The predicted octanol–water partition coefficient (Wildman–Crippen LogP) is 3.97. The first kappa shape index (κ1) is 17.4. The van der Waals surface area contributed by atoms with Crippen molar-refractivity contribution < 1.29 is 18.7 Å². The summed E-state index contributed by atoms with van der Waals surface area (Å²) in [7, 11) is 0. The molecule has 0 fully saturated rings. The lowest BCUT2D eigenvalue weighted by Gasteiger charge is -2.08. The minimum Gasteiger partial charge on any atom is -0.455 e. The van der Waals surface area contributed by atoms with Crippen molar-refractivity contribution in [1.82, 2.24) is 0 Å². The molecule has 0 bridgehead atoms. The smallest absolute Gasteiger partial charge is 0.310 e. The average Bonchev–Trinajstić information content (AvgIpc) is 2.51. The zero-order chi connectivity index (χ0) is 16.8. The van der Waals surface area contributed by atoms with Crippen molar-refractivity contribution in [2.24, 2.45) is 0 Å². The van der Waals surface area contributed by atoms with E-state index in [4.69, 9.17) is 16.3 Å². The van der Waals surface area contributed by atoms with Gasteiger partial charge in [0.25, 0.3) is 5.91 Å². The van der Waals surface area contributed by atoms with Crippen molar-refractivity contribution in [1.29, 1.82) is 0 Å². The van der Waals surface area contributed by atoms with Crippen molar-refractivity contribution in [3.05, 3.63) is 63.3 Å². The number of carbonyl (C=O) groups is 2. The monoisotopic (exact) mass is 399 g/mol. The molecule has 0 aliphatic rings. The van der Waals surface area contributed by atoms with E-state index in [1.165, 1.54) is 18.2 Å². The third kappa shape index (κ3) is 5.33. The van der Waals surface area contributed by atoms with Gasteiger partial charge in [0.2, 0.25) is 0 Å². The lowest BCUT2D eigenvalue weighted by Crippen LogP contribution is -2.21. The van der Waals surface area contributed by atoms with E-state index >= 15 is 0 Å². The van der Waals surface area contributed by atoms with Crippen LogP contribution in [0.5, 0.6) is 0 Å². The second-order valence-corrected chi connectivity index (χ2v) is 5.92. The maximum Gasteiger partial charge on any atom is 0.310 e. The van der Waals surface area contributed by atoms with Crippen LogP contribution in [0.2, 0.25) is 5.02 Å². The van der Waals surface area contributed by atoms with Gasteiger partial charge in [0.1, 0.15) is 5.82 Å². The zero-order valence-electron chi connectivity index (χ0n) is 11.8. The van der Waals surface area contributed by atoms with Crippen LogP contribution in [0.25, 0.3) is 0 Å². The fourth-order valence-electron chi connectivity index (χ4n) is 1.77. The molecule has 0 saturated heterocycles. The Labute approximate surface area is 145 Å². The van der Waals surface area contributed by atoms with E-state index in [2.05, 4.69) is 21.2 Å².